The zero-order valence-electron chi connectivity index (χ0n) is 18.3. The van der Waals surface area contributed by atoms with Gasteiger partial charge in [0.25, 0.3) is 0 Å². The molecule has 11 heteroatoms. The molecule has 0 saturated carbocycles. The van der Waals surface area contributed by atoms with Gasteiger partial charge in [-0.25, -0.2) is 0 Å². The van der Waals surface area contributed by atoms with Gasteiger partial charge >= 0.3 is 12.1 Å². The zero-order chi connectivity index (χ0) is 24.5. The molecule has 0 fully saturated rings. The third kappa shape index (κ3) is 4.74. The van der Waals surface area contributed by atoms with Gasteiger partial charge in [0.2, 0.25) is 5.82 Å². The molecule has 1 aromatic heterocycles. The van der Waals surface area contributed by atoms with Crippen LogP contribution in [0.15, 0.2) is 42.5 Å². The molecule has 2 atom stereocenters. The first-order chi connectivity index (χ1) is 16.2. The van der Waals surface area contributed by atoms with Crippen molar-refractivity contribution in [2.75, 3.05) is 13.2 Å². The summed E-state index contributed by atoms with van der Waals surface area (Å²) in [6, 6.07) is 11.5. The number of alkyl halides is 3. The number of rotatable bonds is 6. The van der Waals surface area contributed by atoms with Crippen LogP contribution in [0.2, 0.25) is 5.02 Å². The van der Waals surface area contributed by atoms with Crippen LogP contribution in [0.25, 0.3) is 5.69 Å². The molecule has 0 saturated heterocycles. The highest BCUT2D eigenvalue weighted by molar-refractivity contribution is 6.30. The number of hydrogen-bond acceptors (Lipinski definition) is 6. The molecule has 1 aliphatic heterocycles. The highest BCUT2D eigenvalue weighted by Crippen LogP contribution is 2.44. The number of fused-ring (bicyclic) bond motifs is 3. The summed E-state index contributed by atoms with van der Waals surface area (Å²) in [7, 11) is 0. The van der Waals surface area contributed by atoms with Crippen molar-refractivity contribution in [3.63, 3.8) is 0 Å². The van der Waals surface area contributed by atoms with Crippen molar-refractivity contribution in [3.05, 3.63) is 70.3 Å². The maximum Gasteiger partial charge on any atom is 0.452 e. The number of esters is 1. The lowest BCUT2D eigenvalue weighted by atomic mass is 9.99. The number of hydrogen-bond donors (Lipinski definition) is 0. The van der Waals surface area contributed by atoms with E-state index in [1.54, 1.807) is 31.2 Å². The van der Waals surface area contributed by atoms with Gasteiger partial charge in [-0.2, -0.15) is 13.2 Å². The summed E-state index contributed by atoms with van der Waals surface area (Å²) in [5, 5.41) is 7.46. The summed E-state index contributed by atoms with van der Waals surface area (Å²) >= 11 is 6.24. The van der Waals surface area contributed by atoms with Crippen LogP contribution in [0.3, 0.4) is 0 Å². The van der Waals surface area contributed by atoms with Crippen LogP contribution in [0.1, 0.15) is 55.3 Å². The fraction of sp³-hybridized carbons (Fsp3) is 0.348. The molecule has 0 amide bonds. The molecule has 0 unspecified atom stereocenters. The van der Waals surface area contributed by atoms with E-state index in [1.165, 1.54) is 18.2 Å². The first kappa shape index (κ1) is 24.0. The van der Waals surface area contributed by atoms with E-state index in [0.717, 1.165) is 4.57 Å². The summed E-state index contributed by atoms with van der Waals surface area (Å²) in [5.74, 6) is -1.46. The molecule has 4 rings (SSSR count). The molecular formula is C23H21ClF3N3O4. The van der Waals surface area contributed by atoms with Gasteiger partial charge in [0, 0.05) is 10.6 Å². The first-order valence-corrected chi connectivity index (χ1v) is 11.0. The molecule has 0 N–H and O–H groups in total. The Balaban J connectivity index is 1.93. The van der Waals surface area contributed by atoms with Gasteiger partial charge in [0.1, 0.15) is 18.0 Å². The summed E-state index contributed by atoms with van der Waals surface area (Å²) in [6.07, 6.45) is -7.20. The van der Waals surface area contributed by atoms with Crippen molar-refractivity contribution < 1.29 is 32.2 Å². The molecule has 1 aliphatic rings. The zero-order valence-corrected chi connectivity index (χ0v) is 19.1. The Kier molecular flexibility index (Phi) is 6.81. The fourth-order valence-electron chi connectivity index (χ4n) is 3.87. The maximum absolute atomic E-state index is 13.9. The van der Waals surface area contributed by atoms with Gasteiger partial charge in [-0.1, -0.05) is 23.7 Å². The Morgan fingerprint density at radius 2 is 1.94 bits per heavy atom. The number of nitrogens with zero attached hydrogens (tertiary/aromatic N) is 3. The Morgan fingerprint density at radius 3 is 2.65 bits per heavy atom. The molecule has 0 bridgehead atoms. The lowest BCUT2D eigenvalue weighted by Gasteiger charge is -2.23. The van der Waals surface area contributed by atoms with Crippen LogP contribution in [-0.2, 0) is 20.4 Å². The second kappa shape index (κ2) is 9.63. The number of aromatic nitrogens is 3. The number of carbonyl (C=O) groups is 1. The monoisotopic (exact) mass is 495 g/mol. The van der Waals surface area contributed by atoms with Crippen LogP contribution >= 0.6 is 11.6 Å². The largest absolute Gasteiger partial charge is 0.494 e. The fourth-order valence-corrected chi connectivity index (χ4v) is 4.05. The Labute approximate surface area is 198 Å². The molecule has 34 heavy (non-hydrogen) atoms. The molecule has 180 valence electrons. The van der Waals surface area contributed by atoms with Gasteiger partial charge in [-0.05, 0) is 49.7 Å². The van der Waals surface area contributed by atoms with Gasteiger partial charge in [-0.3, -0.25) is 9.36 Å². The van der Waals surface area contributed by atoms with Crippen molar-refractivity contribution in [2.24, 2.45) is 0 Å². The molecular weight excluding hydrogens is 475 g/mol. The SMILES string of the molecule is CCOC(=O)C[C@H]1O[C@H](c2cccc(OCC)c2)c2cc(Cl)ccc2-n2c1nnc2C(F)(F)F. The van der Waals surface area contributed by atoms with E-state index >= 15 is 0 Å². The van der Waals surface area contributed by atoms with E-state index in [2.05, 4.69) is 10.2 Å². The lowest BCUT2D eigenvalue weighted by Crippen LogP contribution is -2.18. The van der Waals surface area contributed by atoms with Crippen LogP contribution in [0.5, 0.6) is 5.75 Å². The van der Waals surface area contributed by atoms with Crippen LogP contribution in [0, 0.1) is 0 Å². The predicted molar refractivity (Wildman–Crippen MR) is 116 cm³/mol. The number of carbonyl (C=O) groups excluding carboxylic acids is 1. The third-order valence-corrected chi connectivity index (χ3v) is 5.41. The molecule has 0 radical (unpaired) electrons. The molecule has 2 heterocycles. The minimum absolute atomic E-state index is 0.113. The average molecular weight is 496 g/mol. The van der Waals surface area contributed by atoms with Crippen molar-refractivity contribution >= 4 is 17.6 Å². The van der Waals surface area contributed by atoms with Gasteiger partial charge in [0.15, 0.2) is 5.82 Å². The third-order valence-electron chi connectivity index (χ3n) is 5.17. The Hall–Kier alpha value is -3.11. The van der Waals surface area contributed by atoms with Crippen LogP contribution in [0.4, 0.5) is 13.2 Å². The van der Waals surface area contributed by atoms with Gasteiger partial charge in [-0.15, -0.1) is 10.2 Å². The summed E-state index contributed by atoms with van der Waals surface area (Å²) in [6.45, 7) is 4.01. The number of halogens is 4. The normalized spacial score (nSPS) is 17.5. The first-order valence-electron chi connectivity index (χ1n) is 10.6. The van der Waals surface area contributed by atoms with Gasteiger partial charge in [0.05, 0.1) is 25.3 Å². The van der Waals surface area contributed by atoms with Crippen molar-refractivity contribution in [3.8, 4) is 11.4 Å². The highest BCUT2D eigenvalue weighted by atomic mass is 35.5. The summed E-state index contributed by atoms with van der Waals surface area (Å²) in [4.78, 5) is 12.3. The minimum Gasteiger partial charge on any atom is -0.494 e. The second-order valence-corrected chi connectivity index (χ2v) is 7.87. The molecule has 7 nitrogen and oxygen atoms in total. The lowest BCUT2D eigenvalue weighted by molar-refractivity contribution is -0.147. The van der Waals surface area contributed by atoms with Crippen molar-refractivity contribution in [2.45, 2.75) is 38.7 Å². The molecule has 3 aromatic rings. The summed E-state index contributed by atoms with van der Waals surface area (Å²) < 4.78 is 59.4. The summed E-state index contributed by atoms with van der Waals surface area (Å²) in [5.41, 5.74) is 1.12. The van der Waals surface area contributed by atoms with Crippen molar-refractivity contribution in [1.29, 1.82) is 0 Å². The maximum atomic E-state index is 13.9. The van der Waals surface area contributed by atoms with Crippen LogP contribution in [-0.4, -0.2) is 33.9 Å². The number of benzene rings is 2. The smallest absolute Gasteiger partial charge is 0.452 e. The topological polar surface area (TPSA) is 75.5 Å². The second-order valence-electron chi connectivity index (χ2n) is 7.44. The molecule has 0 spiro atoms. The molecule has 2 aromatic carbocycles. The van der Waals surface area contributed by atoms with Crippen molar-refractivity contribution in [1.82, 2.24) is 14.8 Å². The molecule has 0 aliphatic carbocycles. The predicted octanol–water partition coefficient (Wildman–Crippen LogP) is 5.45. The van der Waals surface area contributed by atoms with E-state index in [1.807, 2.05) is 6.92 Å². The van der Waals surface area contributed by atoms with E-state index in [4.69, 9.17) is 25.8 Å². The average Bonchev–Trinajstić information content (AvgIpc) is 3.18. The Morgan fingerprint density at radius 1 is 1.15 bits per heavy atom. The number of ether oxygens (including phenoxy) is 3. The standard InChI is InChI=1S/C23H21ClF3N3O4/c1-3-32-15-7-5-6-13(10-15)20-16-11-14(24)8-9-17(16)30-21(28-29-22(30)23(25,26)27)18(34-20)12-19(31)33-4-2/h5-11,18,20H,3-4,12H2,1-2H3/t18-,20-/m1/s1. The van der Waals surface area contributed by atoms with E-state index in [-0.39, 0.29) is 24.5 Å². The quantitative estimate of drug-likeness (QED) is 0.423. The van der Waals surface area contributed by atoms with E-state index < -0.39 is 30.2 Å². The van der Waals surface area contributed by atoms with Gasteiger partial charge < -0.3 is 14.2 Å². The minimum atomic E-state index is -4.80. The van der Waals surface area contributed by atoms with E-state index in [0.29, 0.717) is 28.5 Å². The highest BCUT2D eigenvalue weighted by Gasteiger charge is 2.43. The van der Waals surface area contributed by atoms with E-state index in [9.17, 15) is 18.0 Å². The van der Waals surface area contributed by atoms with Crippen LogP contribution < -0.4 is 4.74 Å². The Bertz CT molecular complexity index is 1200.